The molecule has 0 atom stereocenters. The molecule has 0 radical (unpaired) electrons. The summed E-state index contributed by atoms with van der Waals surface area (Å²) in [4.78, 5) is 14.6. The number of hydrogen-bond donors (Lipinski definition) is 0. The van der Waals surface area contributed by atoms with Crippen LogP contribution in [0.3, 0.4) is 0 Å². The van der Waals surface area contributed by atoms with Gasteiger partial charge < -0.3 is 9.64 Å². The van der Waals surface area contributed by atoms with E-state index in [2.05, 4.69) is 31.9 Å². The number of ether oxygens (including phenoxy) is 1. The van der Waals surface area contributed by atoms with Crippen molar-refractivity contribution in [1.82, 2.24) is 4.90 Å². The van der Waals surface area contributed by atoms with Gasteiger partial charge in [0.05, 0.1) is 17.1 Å². The van der Waals surface area contributed by atoms with Gasteiger partial charge in [-0.3, -0.25) is 4.79 Å². The standard InChI is InChI=1S/C14H19Br2NO2/c1-8(2)17(9(3)4)14(18)12-10(15)6-7-11(19-5)13(12)16/h6-9H,1-5H3. The molecule has 1 rings (SSSR count). The second kappa shape index (κ2) is 6.75. The highest BCUT2D eigenvalue weighted by atomic mass is 79.9. The van der Waals surface area contributed by atoms with Gasteiger partial charge in [-0.25, -0.2) is 0 Å². The number of carbonyl (C=O) groups excluding carboxylic acids is 1. The van der Waals surface area contributed by atoms with Crippen molar-refractivity contribution >= 4 is 37.8 Å². The van der Waals surface area contributed by atoms with E-state index in [0.717, 1.165) is 4.47 Å². The number of benzene rings is 1. The molecule has 3 nitrogen and oxygen atoms in total. The van der Waals surface area contributed by atoms with Gasteiger partial charge in [0.15, 0.2) is 0 Å². The van der Waals surface area contributed by atoms with Gasteiger partial charge in [-0.05, 0) is 71.7 Å². The minimum atomic E-state index is -0.0114. The molecule has 0 unspecified atom stereocenters. The van der Waals surface area contributed by atoms with Crippen molar-refractivity contribution in [3.05, 3.63) is 26.6 Å². The lowest BCUT2D eigenvalue weighted by molar-refractivity contribution is 0.0641. The van der Waals surface area contributed by atoms with Gasteiger partial charge in [-0.2, -0.15) is 0 Å². The Morgan fingerprint density at radius 2 is 1.68 bits per heavy atom. The smallest absolute Gasteiger partial charge is 0.256 e. The summed E-state index contributed by atoms with van der Waals surface area (Å²) in [5.41, 5.74) is 0.599. The lowest BCUT2D eigenvalue weighted by atomic mass is 10.1. The Balaban J connectivity index is 3.32. The topological polar surface area (TPSA) is 29.5 Å². The van der Waals surface area contributed by atoms with Crippen LogP contribution < -0.4 is 4.74 Å². The number of carbonyl (C=O) groups is 1. The van der Waals surface area contributed by atoms with Gasteiger partial charge in [0.2, 0.25) is 0 Å². The Morgan fingerprint density at radius 3 is 2.11 bits per heavy atom. The summed E-state index contributed by atoms with van der Waals surface area (Å²) in [6.07, 6.45) is 0. The lowest BCUT2D eigenvalue weighted by Gasteiger charge is -2.31. The van der Waals surface area contributed by atoms with Crippen molar-refractivity contribution in [2.45, 2.75) is 39.8 Å². The molecule has 5 heteroatoms. The molecule has 106 valence electrons. The van der Waals surface area contributed by atoms with E-state index in [1.54, 1.807) is 7.11 Å². The summed E-state index contributed by atoms with van der Waals surface area (Å²) < 4.78 is 6.69. The highest BCUT2D eigenvalue weighted by Gasteiger charge is 2.26. The summed E-state index contributed by atoms with van der Waals surface area (Å²) in [5.74, 6) is 0.640. The number of hydrogen-bond acceptors (Lipinski definition) is 2. The molecule has 0 aliphatic carbocycles. The van der Waals surface area contributed by atoms with Gasteiger partial charge >= 0.3 is 0 Å². The minimum Gasteiger partial charge on any atom is -0.496 e. The summed E-state index contributed by atoms with van der Waals surface area (Å²) in [5, 5.41) is 0. The first-order valence-electron chi connectivity index (χ1n) is 6.15. The van der Waals surface area contributed by atoms with Crippen molar-refractivity contribution in [3.63, 3.8) is 0 Å². The lowest BCUT2D eigenvalue weighted by Crippen LogP contribution is -2.42. The Hall–Kier alpha value is -0.550. The van der Waals surface area contributed by atoms with E-state index >= 15 is 0 Å². The zero-order valence-corrected chi connectivity index (χ0v) is 15.0. The Kier molecular flexibility index (Phi) is 5.86. The number of halogens is 2. The first-order valence-corrected chi connectivity index (χ1v) is 7.74. The fraction of sp³-hybridized carbons (Fsp3) is 0.500. The summed E-state index contributed by atoms with van der Waals surface area (Å²) in [6.45, 7) is 8.06. The van der Waals surface area contributed by atoms with E-state index < -0.39 is 0 Å². The average Bonchev–Trinajstić information content (AvgIpc) is 2.28. The summed E-state index contributed by atoms with van der Waals surface area (Å²) in [7, 11) is 1.59. The molecule has 0 fully saturated rings. The molecule has 0 aromatic heterocycles. The van der Waals surface area contributed by atoms with E-state index in [1.165, 1.54) is 0 Å². The molecule has 1 aromatic carbocycles. The first-order chi connectivity index (χ1) is 8.81. The van der Waals surface area contributed by atoms with Crippen molar-refractivity contribution in [2.24, 2.45) is 0 Å². The van der Waals surface area contributed by atoms with E-state index in [9.17, 15) is 4.79 Å². The maximum Gasteiger partial charge on any atom is 0.256 e. The molecule has 1 aromatic rings. The van der Waals surface area contributed by atoms with E-state index in [0.29, 0.717) is 15.8 Å². The van der Waals surface area contributed by atoms with Gasteiger partial charge in [0, 0.05) is 16.6 Å². The molecular formula is C14H19Br2NO2. The third-order valence-electron chi connectivity index (χ3n) is 2.84. The highest BCUT2D eigenvalue weighted by molar-refractivity contribution is 9.11. The Morgan fingerprint density at radius 1 is 1.16 bits per heavy atom. The van der Waals surface area contributed by atoms with Crippen LogP contribution in [0.1, 0.15) is 38.1 Å². The van der Waals surface area contributed by atoms with E-state index in [-0.39, 0.29) is 18.0 Å². The zero-order chi connectivity index (χ0) is 14.7. The summed E-state index contributed by atoms with van der Waals surface area (Å²) >= 11 is 6.90. The van der Waals surface area contributed by atoms with Crippen LogP contribution in [0.25, 0.3) is 0 Å². The van der Waals surface area contributed by atoms with Crippen LogP contribution in [0.15, 0.2) is 21.1 Å². The molecule has 0 saturated heterocycles. The average molecular weight is 393 g/mol. The second-order valence-electron chi connectivity index (χ2n) is 4.84. The van der Waals surface area contributed by atoms with Crippen LogP contribution in [0.2, 0.25) is 0 Å². The van der Waals surface area contributed by atoms with Crippen molar-refractivity contribution in [3.8, 4) is 5.75 Å². The summed E-state index contributed by atoms with van der Waals surface area (Å²) in [6, 6.07) is 3.92. The van der Waals surface area contributed by atoms with Gasteiger partial charge in [0.1, 0.15) is 5.75 Å². The molecule has 0 aliphatic heterocycles. The molecule has 0 spiro atoms. The molecule has 1 amide bonds. The predicted octanol–water partition coefficient (Wildman–Crippen LogP) is 4.48. The molecular weight excluding hydrogens is 374 g/mol. The van der Waals surface area contributed by atoms with Crippen LogP contribution >= 0.6 is 31.9 Å². The number of rotatable bonds is 4. The van der Waals surface area contributed by atoms with Crippen molar-refractivity contribution < 1.29 is 9.53 Å². The third kappa shape index (κ3) is 3.51. The SMILES string of the molecule is COc1ccc(Br)c(C(=O)N(C(C)C)C(C)C)c1Br. The largest absolute Gasteiger partial charge is 0.496 e. The van der Waals surface area contributed by atoms with Gasteiger partial charge in [0.25, 0.3) is 5.91 Å². The maximum atomic E-state index is 12.7. The Labute approximate surface area is 131 Å². The molecule has 0 bridgehead atoms. The van der Waals surface area contributed by atoms with E-state index in [1.807, 2.05) is 44.7 Å². The third-order valence-corrected chi connectivity index (χ3v) is 4.28. The van der Waals surface area contributed by atoms with Gasteiger partial charge in [-0.15, -0.1) is 0 Å². The molecule has 0 heterocycles. The fourth-order valence-corrected chi connectivity index (χ4v) is 3.52. The van der Waals surface area contributed by atoms with Gasteiger partial charge in [-0.1, -0.05) is 0 Å². The maximum absolute atomic E-state index is 12.7. The number of amides is 1. The minimum absolute atomic E-state index is 0.0114. The van der Waals surface area contributed by atoms with Crippen LogP contribution in [-0.2, 0) is 0 Å². The van der Waals surface area contributed by atoms with Crippen LogP contribution in [-0.4, -0.2) is 30.0 Å². The van der Waals surface area contributed by atoms with Crippen LogP contribution in [0.4, 0.5) is 0 Å². The quantitative estimate of drug-likeness (QED) is 0.755. The molecule has 19 heavy (non-hydrogen) atoms. The van der Waals surface area contributed by atoms with E-state index in [4.69, 9.17) is 4.74 Å². The van der Waals surface area contributed by atoms with Crippen LogP contribution in [0.5, 0.6) is 5.75 Å². The zero-order valence-electron chi connectivity index (χ0n) is 11.8. The second-order valence-corrected chi connectivity index (χ2v) is 6.49. The molecule has 0 aliphatic rings. The molecule has 0 saturated carbocycles. The first kappa shape index (κ1) is 16.5. The number of nitrogens with zero attached hydrogens (tertiary/aromatic N) is 1. The monoisotopic (exact) mass is 391 g/mol. The highest BCUT2D eigenvalue weighted by Crippen LogP contribution is 2.35. The van der Waals surface area contributed by atoms with Crippen LogP contribution in [0, 0.1) is 0 Å². The Bertz CT molecular complexity index is 465. The normalized spacial score (nSPS) is 11.0. The van der Waals surface area contributed by atoms with Crippen molar-refractivity contribution in [1.29, 1.82) is 0 Å². The predicted molar refractivity (Wildman–Crippen MR) is 84.8 cm³/mol. The van der Waals surface area contributed by atoms with Crippen molar-refractivity contribution in [2.75, 3.05) is 7.11 Å². The molecule has 0 N–H and O–H groups in total. The number of methoxy groups -OCH3 is 1. The fourth-order valence-electron chi connectivity index (χ4n) is 2.08.